The Bertz CT molecular complexity index is 1350. The van der Waals surface area contributed by atoms with Gasteiger partial charge in [-0.3, -0.25) is 14.6 Å². The van der Waals surface area contributed by atoms with Crippen LogP contribution in [-0.2, 0) is 25.9 Å². The molecule has 41 heavy (non-hydrogen) atoms. The molecule has 0 unspecified atom stereocenters. The molecule has 0 aliphatic carbocycles. The van der Waals surface area contributed by atoms with E-state index in [1.165, 1.54) is 29.5 Å². The molecule has 216 valence electrons. The number of ketones is 1. The Kier molecular flexibility index (Phi) is 10.1. The van der Waals surface area contributed by atoms with Gasteiger partial charge in [-0.05, 0) is 104 Å². The van der Waals surface area contributed by atoms with E-state index in [-0.39, 0.29) is 5.78 Å². The first-order chi connectivity index (χ1) is 19.9. The summed E-state index contributed by atoms with van der Waals surface area (Å²) in [7, 11) is 0. The SMILES string of the molecule is NC(=O)Nc1cccc(CN2CCc3ccc(C(=O)CCCC4CCN(Cc5ccccc5Cl)CC4)cc3CC2)c1. The summed E-state index contributed by atoms with van der Waals surface area (Å²) in [6.45, 7) is 5.83. The second kappa shape index (κ2) is 14.1. The predicted octanol–water partition coefficient (Wildman–Crippen LogP) is 6.70. The van der Waals surface area contributed by atoms with Crippen LogP contribution in [0.25, 0.3) is 0 Å². The molecular formula is C34H41ClN4O2. The Balaban J connectivity index is 1.06. The van der Waals surface area contributed by atoms with Crippen molar-refractivity contribution < 1.29 is 9.59 Å². The minimum atomic E-state index is -0.552. The molecule has 2 amide bonds. The van der Waals surface area contributed by atoms with Crippen LogP contribution in [0.15, 0.2) is 66.7 Å². The monoisotopic (exact) mass is 572 g/mol. The Morgan fingerprint density at radius 1 is 0.854 bits per heavy atom. The quantitative estimate of drug-likeness (QED) is 0.265. The lowest BCUT2D eigenvalue weighted by Crippen LogP contribution is -2.33. The summed E-state index contributed by atoms with van der Waals surface area (Å²) >= 11 is 6.35. The van der Waals surface area contributed by atoms with Gasteiger partial charge in [0.05, 0.1) is 0 Å². The van der Waals surface area contributed by atoms with E-state index in [1.54, 1.807) is 0 Å². The largest absolute Gasteiger partial charge is 0.351 e. The maximum absolute atomic E-state index is 13.1. The molecule has 0 spiro atoms. The number of urea groups is 1. The number of carbonyl (C=O) groups is 2. The number of halogens is 1. The number of primary amides is 1. The van der Waals surface area contributed by atoms with Crippen molar-refractivity contribution in [2.24, 2.45) is 11.7 Å². The summed E-state index contributed by atoms with van der Waals surface area (Å²) in [6, 6.07) is 21.7. The van der Waals surface area contributed by atoms with Gasteiger partial charge in [0.1, 0.15) is 0 Å². The van der Waals surface area contributed by atoms with E-state index in [4.69, 9.17) is 17.3 Å². The van der Waals surface area contributed by atoms with Crippen LogP contribution in [0.2, 0.25) is 5.02 Å². The molecule has 1 saturated heterocycles. The predicted molar refractivity (Wildman–Crippen MR) is 166 cm³/mol. The molecule has 2 aliphatic rings. The van der Waals surface area contributed by atoms with Crippen molar-refractivity contribution in [1.29, 1.82) is 0 Å². The first-order valence-electron chi connectivity index (χ1n) is 14.9. The van der Waals surface area contributed by atoms with Crippen LogP contribution in [0.4, 0.5) is 10.5 Å². The van der Waals surface area contributed by atoms with Gasteiger partial charge in [-0.15, -0.1) is 0 Å². The summed E-state index contributed by atoms with van der Waals surface area (Å²) < 4.78 is 0. The number of nitrogens with one attached hydrogen (secondary N) is 1. The standard InChI is InChI=1S/C34H41ClN4O2/c35-32-9-2-1-7-30(32)24-39-17-13-25(14-18-39)5-4-10-33(40)29-12-11-27-15-19-38(20-16-28(27)22-29)23-26-6-3-8-31(21-26)37-34(36)41/h1-3,6-9,11-12,21-22,25H,4-5,10,13-20,23-24H2,(H3,36,37,41). The molecule has 0 bridgehead atoms. The molecule has 0 aromatic heterocycles. The van der Waals surface area contributed by atoms with Crippen molar-refractivity contribution in [1.82, 2.24) is 9.80 Å². The van der Waals surface area contributed by atoms with Crippen molar-refractivity contribution in [2.45, 2.75) is 58.0 Å². The van der Waals surface area contributed by atoms with Crippen LogP contribution in [-0.4, -0.2) is 47.8 Å². The second-order valence-electron chi connectivity index (χ2n) is 11.6. The lowest BCUT2D eigenvalue weighted by atomic mass is 9.90. The molecule has 2 aliphatic heterocycles. The summed E-state index contributed by atoms with van der Waals surface area (Å²) in [5.41, 5.74) is 11.8. The van der Waals surface area contributed by atoms with Crippen molar-refractivity contribution in [3.63, 3.8) is 0 Å². The van der Waals surface area contributed by atoms with Gasteiger partial charge < -0.3 is 11.1 Å². The zero-order valence-corrected chi connectivity index (χ0v) is 24.5. The number of hydrogen-bond acceptors (Lipinski definition) is 4. The number of Topliss-reactive ketones (excluding diaryl/α,β-unsaturated/α-hetero) is 1. The molecule has 2 heterocycles. The number of amides is 2. The fourth-order valence-electron chi connectivity index (χ4n) is 6.25. The highest BCUT2D eigenvalue weighted by Crippen LogP contribution is 2.26. The summed E-state index contributed by atoms with van der Waals surface area (Å²) in [6.07, 6.45) is 7.01. The first kappa shape index (κ1) is 29.3. The van der Waals surface area contributed by atoms with Crippen LogP contribution >= 0.6 is 11.6 Å². The van der Waals surface area contributed by atoms with Gasteiger partial charge in [-0.2, -0.15) is 0 Å². The molecule has 0 saturated carbocycles. The Morgan fingerprint density at radius 2 is 1.61 bits per heavy atom. The van der Waals surface area contributed by atoms with Gasteiger partial charge in [0.25, 0.3) is 0 Å². The third kappa shape index (κ3) is 8.41. The fourth-order valence-corrected chi connectivity index (χ4v) is 6.44. The Morgan fingerprint density at radius 3 is 2.39 bits per heavy atom. The Labute approximate surface area is 248 Å². The molecule has 3 aromatic carbocycles. The number of nitrogens with zero attached hydrogens (tertiary/aromatic N) is 2. The van der Waals surface area contributed by atoms with Crippen LogP contribution in [0.5, 0.6) is 0 Å². The van der Waals surface area contributed by atoms with Gasteiger partial charge in [0.15, 0.2) is 5.78 Å². The van der Waals surface area contributed by atoms with Crippen LogP contribution < -0.4 is 11.1 Å². The Hall–Kier alpha value is -3.19. The average Bonchev–Trinajstić information content (AvgIpc) is 3.17. The normalized spacial score (nSPS) is 16.6. The van der Waals surface area contributed by atoms with E-state index in [9.17, 15) is 9.59 Å². The third-order valence-corrected chi connectivity index (χ3v) is 8.97. The maximum atomic E-state index is 13.1. The third-order valence-electron chi connectivity index (χ3n) is 8.60. The summed E-state index contributed by atoms with van der Waals surface area (Å²) in [5, 5.41) is 3.50. The van der Waals surface area contributed by atoms with Gasteiger partial charge in [0, 0.05) is 48.9 Å². The zero-order chi connectivity index (χ0) is 28.6. The van der Waals surface area contributed by atoms with Crippen molar-refractivity contribution >= 4 is 29.1 Å². The highest BCUT2D eigenvalue weighted by Gasteiger charge is 2.21. The van der Waals surface area contributed by atoms with Crippen molar-refractivity contribution in [3.8, 4) is 0 Å². The molecule has 7 heteroatoms. The number of rotatable bonds is 10. The topological polar surface area (TPSA) is 78.7 Å². The maximum Gasteiger partial charge on any atom is 0.316 e. The molecule has 0 atom stereocenters. The fraction of sp³-hybridized carbons (Fsp3) is 0.412. The number of likely N-dealkylation sites (tertiary alicyclic amines) is 1. The lowest BCUT2D eigenvalue weighted by molar-refractivity contribution is 0.0974. The van der Waals surface area contributed by atoms with Gasteiger partial charge in [-0.1, -0.05) is 54.1 Å². The van der Waals surface area contributed by atoms with E-state index in [0.29, 0.717) is 12.3 Å². The van der Waals surface area contributed by atoms with Crippen LogP contribution in [0.1, 0.15) is 64.7 Å². The van der Waals surface area contributed by atoms with E-state index in [1.807, 2.05) is 36.4 Å². The molecule has 0 radical (unpaired) electrons. The first-order valence-corrected chi connectivity index (χ1v) is 15.3. The van der Waals surface area contributed by atoms with E-state index in [0.717, 1.165) is 86.8 Å². The highest BCUT2D eigenvalue weighted by atomic mass is 35.5. The van der Waals surface area contributed by atoms with Crippen LogP contribution in [0.3, 0.4) is 0 Å². The number of anilines is 1. The smallest absolute Gasteiger partial charge is 0.316 e. The van der Waals surface area contributed by atoms with Crippen LogP contribution in [0, 0.1) is 5.92 Å². The number of piperidine rings is 1. The molecular weight excluding hydrogens is 532 g/mol. The van der Waals surface area contributed by atoms with E-state index >= 15 is 0 Å². The summed E-state index contributed by atoms with van der Waals surface area (Å²) in [5.74, 6) is 0.972. The van der Waals surface area contributed by atoms with Crippen molar-refractivity contribution in [2.75, 3.05) is 31.5 Å². The number of fused-ring (bicyclic) bond motifs is 1. The molecule has 3 aromatic rings. The zero-order valence-electron chi connectivity index (χ0n) is 23.8. The average molecular weight is 573 g/mol. The molecule has 6 nitrogen and oxygen atoms in total. The highest BCUT2D eigenvalue weighted by molar-refractivity contribution is 6.31. The minimum absolute atomic E-state index is 0.267. The van der Waals surface area contributed by atoms with Gasteiger partial charge in [0.2, 0.25) is 0 Å². The number of nitrogens with two attached hydrogens (primary N) is 1. The van der Waals surface area contributed by atoms with Gasteiger partial charge in [-0.25, -0.2) is 4.79 Å². The van der Waals surface area contributed by atoms with E-state index < -0.39 is 6.03 Å². The van der Waals surface area contributed by atoms with Crippen molar-refractivity contribution in [3.05, 3.63) is 99.6 Å². The number of hydrogen-bond donors (Lipinski definition) is 2. The lowest BCUT2D eigenvalue weighted by Gasteiger charge is -2.32. The molecule has 5 rings (SSSR count). The van der Waals surface area contributed by atoms with Gasteiger partial charge >= 0.3 is 6.03 Å². The van der Waals surface area contributed by atoms with E-state index in [2.05, 4.69) is 45.4 Å². The molecule has 1 fully saturated rings. The molecule has 3 N–H and O–H groups in total. The number of benzene rings is 3. The minimum Gasteiger partial charge on any atom is -0.351 e. The second-order valence-corrected chi connectivity index (χ2v) is 12.0. The number of carbonyl (C=O) groups excluding carboxylic acids is 2. The summed E-state index contributed by atoms with van der Waals surface area (Å²) in [4.78, 5) is 29.2.